The second-order valence-electron chi connectivity index (χ2n) is 4.07. The summed E-state index contributed by atoms with van der Waals surface area (Å²) in [5.41, 5.74) is 0.611. The van der Waals surface area contributed by atoms with E-state index in [0.29, 0.717) is 21.4 Å². The van der Waals surface area contributed by atoms with Crippen molar-refractivity contribution >= 4 is 29.0 Å². The van der Waals surface area contributed by atoms with Crippen LogP contribution >= 0.6 is 23.2 Å². The molecule has 0 saturated carbocycles. The summed E-state index contributed by atoms with van der Waals surface area (Å²) in [4.78, 5) is 12.1. The van der Waals surface area contributed by atoms with Crippen molar-refractivity contribution < 1.29 is 9.53 Å². The summed E-state index contributed by atoms with van der Waals surface area (Å²) >= 11 is 11.8. The Labute approximate surface area is 121 Å². The van der Waals surface area contributed by atoms with Crippen molar-refractivity contribution in [3.8, 4) is 5.75 Å². The summed E-state index contributed by atoms with van der Waals surface area (Å²) in [6.45, 7) is 1.69. The zero-order valence-corrected chi connectivity index (χ0v) is 11.8. The van der Waals surface area contributed by atoms with E-state index in [2.05, 4.69) is 0 Å². The first-order valence-corrected chi connectivity index (χ1v) is 6.54. The van der Waals surface area contributed by atoms with Gasteiger partial charge >= 0.3 is 0 Å². The van der Waals surface area contributed by atoms with Gasteiger partial charge in [-0.1, -0.05) is 53.5 Å². The Morgan fingerprint density at radius 2 is 1.79 bits per heavy atom. The number of ketones is 1. The van der Waals surface area contributed by atoms with E-state index in [9.17, 15) is 4.79 Å². The summed E-state index contributed by atoms with van der Waals surface area (Å²) < 4.78 is 5.58. The van der Waals surface area contributed by atoms with Gasteiger partial charge in [0.25, 0.3) is 0 Å². The van der Waals surface area contributed by atoms with Crippen LogP contribution in [0.2, 0.25) is 10.0 Å². The fraction of sp³-hybridized carbons (Fsp3) is 0.133. The molecule has 0 bridgehead atoms. The lowest BCUT2D eigenvalue weighted by Gasteiger charge is -2.14. The molecule has 1 atom stereocenters. The molecule has 0 heterocycles. The topological polar surface area (TPSA) is 26.3 Å². The number of Topliss-reactive ketones (excluding diaryl/α,β-unsaturated/α-hetero) is 1. The van der Waals surface area contributed by atoms with Gasteiger partial charge in [-0.25, -0.2) is 0 Å². The highest BCUT2D eigenvalue weighted by atomic mass is 35.5. The monoisotopic (exact) mass is 294 g/mol. The third-order valence-corrected chi connectivity index (χ3v) is 3.16. The van der Waals surface area contributed by atoms with Crippen LogP contribution in [0, 0.1) is 0 Å². The molecule has 0 aliphatic carbocycles. The number of carbonyl (C=O) groups excluding carboxylic acids is 1. The molecule has 0 N–H and O–H groups in total. The van der Waals surface area contributed by atoms with Gasteiger partial charge in [0.05, 0.1) is 5.02 Å². The van der Waals surface area contributed by atoms with Crippen molar-refractivity contribution in [2.75, 3.05) is 0 Å². The average Bonchev–Trinajstić information content (AvgIpc) is 2.42. The van der Waals surface area contributed by atoms with Crippen LogP contribution in [0.4, 0.5) is 0 Å². The van der Waals surface area contributed by atoms with Crippen LogP contribution in [0.5, 0.6) is 5.75 Å². The molecule has 0 radical (unpaired) electrons. The van der Waals surface area contributed by atoms with Crippen molar-refractivity contribution in [3.05, 3.63) is 64.1 Å². The predicted octanol–water partition coefficient (Wildman–Crippen LogP) is 4.64. The highest BCUT2D eigenvalue weighted by Gasteiger charge is 2.17. The Morgan fingerprint density at radius 3 is 2.42 bits per heavy atom. The van der Waals surface area contributed by atoms with Gasteiger partial charge in [-0.05, 0) is 25.1 Å². The van der Waals surface area contributed by atoms with E-state index >= 15 is 0 Å². The molecule has 2 aromatic rings. The normalized spacial score (nSPS) is 11.9. The van der Waals surface area contributed by atoms with Crippen molar-refractivity contribution in [2.24, 2.45) is 0 Å². The number of carbonyl (C=O) groups is 1. The molecule has 0 amide bonds. The maximum atomic E-state index is 12.1. The van der Waals surface area contributed by atoms with Crippen molar-refractivity contribution in [2.45, 2.75) is 13.0 Å². The van der Waals surface area contributed by atoms with E-state index in [1.54, 1.807) is 37.3 Å². The average molecular weight is 295 g/mol. The molecule has 4 heteroatoms. The van der Waals surface area contributed by atoms with Crippen LogP contribution in [0.15, 0.2) is 48.5 Å². The lowest BCUT2D eigenvalue weighted by Crippen LogP contribution is -2.23. The Balaban J connectivity index is 2.13. The molecule has 1 unspecified atom stereocenters. The van der Waals surface area contributed by atoms with Gasteiger partial charge in [0.15, 0.2) is 6.10 Å². The number of rotatable bonds is 4. The molecular weight excluding hydrogens is 283 g/mol. The minimum atomic E-state index is -0.610. The number of halogens is 2. The Hall–Kier alpha value is -1.51. The smallest absolute Gasteiger partial charge is 0.202 e. The van der Waals surface area contributed by atoms with Gasteiger partial charge in [0.1, 0.15) is 5.75 Å². The van der Waals surface area contributed by atoms with E-state index in [-0.39, 0.29) is 5.78 Å². The first kappa shape index (κ1) is 13.9. The molecule has 0 fully saturated rings. The molecule has 2 nitrogen and oxygen atoms in total. The zero-order chi connectivity index (χ0) is 13.8. The number of hydrogen-bond donors (Lipinski definition) is 0. The quantitative estimate of drug-likeness (QED) is 0.768. The molecule has 0 aliphatic rings. The first-order valence-electron chi connectivity index (χ1n) is 5.79. The highest BCUT2D eigenvalue weighted by Crippen LogP contribution is 2.28. The zero-order valence-electron chi connectivity index (χ0n) is 10.3. The molecule has 0 spiro atoms. The molecule has 19 heavy (non-hydrogen) atoms. The standard InChI is InChI=1S/C15H12Cl2O2/c1-10(15(18)11-5-3-2-4-6-11)19-14-8-7-12(16)9-13(14)17/h2-10H,1H3. The van der Waals surface area contributed by atoms with Gasteiger partial charge < -0.3 is 4.74 Å². The van der Waals surface area contributed by atoms with Crippen molar-refractivity contribution in [3.63, 3.8) is 0 Å². The SMILES string of the molecule is CC(Oc1ccc(Cl)cc1Cl)C(=O)c1ccccc1. The third-order valence-electron chi connectivity index (χ3n) is 2.63. The van der Waals surface area contributed by atoms with Crippen LogP contribution < -0.4 is 4.74 Å². The second kappa shape index (κ2) is 6.09. The van der Waals surface area contributed by atoms with Crippen molar-refractivity contribution in [1.29, 1.82) is 0 Å². The Kier molecular flexibility index (Phi) is 4.46. The lowest BCUT2D eigenvalue weighted by molar-refractivity contribution is 0.0818. The number of hydrogen-bond acceptors (Lipinski definition) is 2. The molecule has 2 rings (SSSR count). The lowest BCUT2D eigenvalue weighted by atomic mass is 10.1. The molecule has 0 aliphatic heterocycles. The predicted molar refractivity (Wildman–Crippen MR) is 77.3 cm³/mol. The summed E-state index contributed by atoms with van der Waals surface area (Å²) in [5, 5.41) is 0.916. The minimum absolute atomic E-state index is 0.0911. The fourth-order valence-electron chi connectivity index (χ4n) is 1.65. The molecule has 0 saturated heterocycles. The van der Waals surface area contributed by atoms with Gasteiger partial charge in [-0.2, -0.15) is 0 Å². The molecular formula is C15H12Cl2O2. The van der Waals surface area contributed by atoms with E-state index in [0.717, 1.165) is 0 Å². The van der Waals surface area contributed by atoms with E-state index in [1.807, 2.05) is 18.2 Å². The minimum Gasteiger partial charge on any atom is -0.481 e. The summed E-state index contributed by atoms with van der Waals surface area (Å²) in [6, 6.07) is 13.9. The van der Waals surface area contributed by atoms with Gasteiger partial charge in [-0.3, -0.25) is 4.79 Å². The van der Waals surface area contributed by atoms with Crippen molar-refractivity contribution in [1.82, 2.24) is 0 Å². The van der Waals surface area contributed by atoms with Crippen LogP contribution in [0.25, 0.3) is 0 Å². The van der Waals surface area contributed by atoms with E-state index in [4.69, 9.17) is 27.9 Å². The van der Waals surface area contributed by atoms with E-state index in [1.165, 1.54) is 0 Å². The number of ether oxygens (including phenoxy) is 1. The Bertz CT molecular complexity index is 582. The second-order valence-corrected chi connectivity index (χ2v) is 4.91. The highest BCUT2D eigenvalue weighted by molar-refractivity contribution is 6.35. The largest absolute Gasteiger partial charge is 0.481 e. The van der Waals surface area contributed by atoms with Crippen LogP contribution in [0.3, 0.4) is 0 Å². The summed E-state index contributed by atoms with van der Waals surface area (Å²) in [7, 11) is 0. The first-order chi connectivity index (χ1) is 9.08. The van der Waals surface area contributed by atoms with Gasteiger partial charge in [0.2, 0.25) is 5.78 Å². The van der Waals surface area contributed by atoms with Gasteiger partial charge in [-0.15, -0.1) is 0 Å². The van der Waals surface area contributed by atoms with Gasteiger partial charge in [0, 0.05) is 10.6 Å². The number of benzene rings is 2. The van der Waals surface area contributed by atoms with E-state index < -0.39 is 6.10 Å². The van der Waals surface area contributed by atoms with Crippen LogP contribution in [0.1, 0.15) is 17.3 Å². The molecule has 0 aromatic heterocycles. The maximum Gasteiger partial charge on any atom is 0.202 e. The van der Waals surface area contributed by atoms with Crippen LogP contribution in [-0.2, 0) is 0 Å². The summed E-state index contributed by atoms with van der Waals surface area (Å²) in [6.07, 6.45) is -0.610. The Morgan fingerprint density at radius 1 is 1.11 bits per heavy atom. The fourth-order valence-corrected chi connectivity index (χ4v) is 2.10. The molecule has 98 valence electrons. The van der Waals surface area contributed by atoms with Crippen LogP contribution in [-0.4, -0.2) is 11.9 Å². The molecule has 2 aromatic carbocycles. The third kappa shape index (κ3) is 3.49. The maximum absolute atomic E-state index is 12.1. The summed E-state index contributed by atoms with van der Waals surface area (Å²) in [5.74, 6) is 0.356.